The van der Waals surface area contributed by atoms with Gasteiger partial charge in [-0.15, -0.1) is 0 Å². The summed E-state index contributed by atoms with van der Waals surface area (Å²) in [6.45, 7) is 4.20. The van der Waals surface area contributed by atoms with Crippen LogP contribution in [0.2, 0.25) is 0 Å². The van der Waals surface area contributed by atoms with Gasteiger partial charge < -0.3 is 20.6 Å². The van der Waals surface area contributed by atoms with Gasteiger partial charge in [-0.3, -0.25) is 4.79 Å². The van der Waals surface area contributed by atoms with Gasteiger partial charge in [0, 0.05) is 0 Å². The highest BCUT2D eigenvalue weighted by molar-refractivity contribution is 5.80. The number of rotatable bonds is 45. The van der Waals surface area contributed by atoms with Crippen molar-refractivity contribution in [1.29, 1.82) is 0 Å². The molecule has 5 heteroatoms. The van der Waals surface area contributed by atoms with Crippen LogP contribution in [0.15, 0.2) is 12.2 Å². The van der Waals surface area contributed by atoms with Crippen LogP contribution in [0.3, 0.4) is 0 Å². The Morgan fingerprint density at radius 3 is 1.02 bits per heavy atom. The number of nitrogens with one attached hydrogen (secondary N) is 1. The van der Waals surface area contributed by atoms with Gasteiger partial charge in [0.1, 0.15) is 6.10 Å². The van der Waals surface area contributed by atoms with E-state index in [0.717, 1.165) is 32.1 Å². The molecule has 0 radical (unpaired) electrons. The molecule has 0 saturated carbocycles. The van der Waals surface area contributed by atoms with Crippen molar-refractivity contribution < 1.29 is 20.1 Å². The molecule has 54 heavy (non-hydrogen) atoms. The van der Waals surface area contributed by atoms with Crippen LogP contribution in [0.4, 0.5) is 0 Å². The maximum atomic E-state index is 12.5. The maximum Gasteiger partial charge on any atom is 0.249 e. The third-order valence-electron chi connectivity index (χ3n) is 11.6. The van der Waals surface area contributed by atoms with Crippen molar-refractivity contribution in [2.75, 3.05) is 6.61 Å². The zero-order valence-electron chi connectivity index (χ0n) is 36.6. The van der Waals surface area contributed by atoms with Gasteiger partial charge in [-0.1, -0.05) is 264 Å². The van der Waals surface area contributed by atoms with Crippen LogP contribution in [0, 0.1) is 0 Å². The number of allylic oxidation sites excluding steroid dienone is 1. The second-order valence-corrected chi connectivity index (χ2v) is 17.0. The zero-order valence-corrected chi connectivity index (χ0v) is 36.6. The summed E-state index contributed by atoms with van der Waals surface area (Å²) in [5.74, 6) is -0.498. The van der Waals surface area contributed by atoms with Crippen LogP contribution >= 0.6 is 0 Å². The van der Waals surface area contributed by atoms with Gasteiger partial charge in [0.25, 0.3) is 0 Å². The third-order valence-corrected chi connectivity index (χ3v) is 11.6. The van der Waals surface area contributed by atoms with Crippen molar-refractivity contribution >= 4 is 5.91 Å². The van der Waals surface area contributed by atoms with Crippen molar-refractivity contribution in [3.8, 4) is 0 Å². The van der Waals surface area contributed by atoms with Crippen molar-refractivity contribution in [3.63, 3.8) is 0 Å². The molecule has 0 aromatic heterocycles. The largest absolute Gasteiger partial charge is 0.394 e. The Bertz CT molecular complexity index is 758. The molecule has 4 N–H and O–H groups in total. The summed E-state index contributed by atoms with van der Waals surface area (Å²) >= 11 is 0. The number of hydrogen-bond donors (Lipinski definition) is 4. The van der Waals surface area contributed by atoms with Crippen molar-refractivity contribution in [3.05, 3.63) is 12.2 Å². The average Bonchev–Trinajstić information content (AvgIpc) is 3.18. The number of carbonyl (C=O) groups excluding carboxylic acids is 1. The minimum absolute atomic E-state index is 0.359. The number of unbranched alkanes of at least 4 members (excludes halogenated alkanes) is 37. The number of hydrogen-bond acceptors (Lipinski definition) is 4. The molecule has 5 nitrogen and oxygen atoms in total. The minimum atomic E-state index is -1.09. The summed E-state index contributed by atoms with van der Waals surface area (Å²) in [6, 6.07) is -0.792. The lowest BCUT2D eigenvalue weighted by Gasteiger charge is -2.21. The number of aliphatic hydroxyl groups is 3. The van der Waals surface area contributed by atoms with Crippen LogP contribution in [0.25, 0.3) is 0 Å². The Hall–Kier alpha value is -0.910. The van der Waals surface area contributed by atoms with E-state index >= 15 is 0 Å². The van der Waals surface area contributed by atoms with Crippen molar-refractivity contribution in [2.24, 2.45) is 0 Å². The van der Waals surface area contributed by atoms with E-state index in [9.17, 15) is 20.1 Å². The number of amides is 1. The molecular formula is C49H97NO4. The quantitative estimate of drug-likeness (QED) is 0.0367. The van der Waals surface area contributed by atoms with Crippen LogP contribution in [-0.2, 0) is 4.79 Å². The van der Waals surface area contributed by atoms with E-state index in [1.54, 1.807) is 6.08 Å². The molecule has 0 heterocycles. The predicted molar refractivity (Wildman–Crippen MR) is 236 cm³/mol. The molecule has 0 fully saturated rings. The lowest BCUT2D eigenvalue weighted by atomic mass is 10.0. The summed E-state index contributed by atoms with van der Waals surface area (Å²) in [5, 5.41) is 33.2. The minimum Gasteiger partial charge on any atom is -0.394 e. The molecule has 0 aliphatic carbocycles. The van der Waals surface area contributed by atoms with Crippen molar-refractivity contribution in [2.45, 2.75) is 289 Å². The van der Waals surface area contributed by atoms with Gasteiger partial charge in [0.15, 0.2) is 0 Å². The monoisotopic (exact) mass is 764 g/mol. The fourth-order valence-corrected chi connectivity index (χ4v) is 7.78. The number of aliphatic hydroxyl groups excluding tert-OH is 3. The number of carbonyl (C=O) groups is 1. The molecule has 1 amide bonds. The topological polar surface area (TPSA) is 89.8 Å². The molecule has 0 aliphatic rings. The molecule has 0 saturated heterocycles. The lowest BCUT2D eigenvalue weighted by molar-refractivity contribution is -0.131. The first kappa shape index (κ1) is 53.1. The van der Waals surface area contributed by atoms with Gasteiger partial charge in [-0.2, -0.15) is 0 Å². The highest BCUT2D eigenvalue weighted by atomic mass is 16.3. The smallest absolute Gasteiger partial charge is 0.249 e. The molecule has 0 rings (SSSR count). The molecule has 3 atom stereocenters. The summed E-state index contributed by atoms with van der Waals surface area (Å²) in [5.41, 5.74) is 0. The molecule has 0 bridgehead atoms. The Kier molecular flexibility index (Phi) is 44.0. The highest BCUT2D eigenvalue weighted by Gasteiger charge is 2.22. The molecular weight excluding hydrogens is 667 g/mol. The second kappa shape index (κ2) is 44.8. The van der Waals surface area contributed by atoms with Gasteiger partial charge in [-0.05, 0) is 19.3 Å². The summed E-state index contributed by atoms with van der Waals surface area (Å²) in [6.07, 6.45) is 54.1. The normalized spacial score (nSPS) is 13.5. The average molecular weight is 764 g/mol. The first-order valence-electron chi connectivity index (χ1n) is 24.5. The van der Waals surface area contributed by atoms with E-state index in [4.69, 9.17) is 0 Å². The molecule has 0 aromatic carbocycles. The van der Waals surface area contributed by atoms with E-state index in [1.165, 1.54) is 218 Å². The standard InChI is InChI=1S/C49H97NO4/c1-3-5-7-9-11-13-15-17-19-20-21-22-23-24-25-26-27-28-29-30-32-34-36-38-40-42-44-48(53)49(54)50-46(45-51)47(52)43-41-39-37-35-33-31-18-16-14-12-10-8-6-4-2/h41,43,46-48,51-53H,3-40,42,44-45H2,1-2H3,(H,50,54)/b43-41+. The first-order valence-corrected chi connectivity index (χ1v) is 24.5. The second-order valence-electron chi connectivity index (χ2n) is 17.0. The van der Waals surface area contributed by atoms with Gasteiger partial charge in [0.05, 0.1) is 18.8 Å². The Labute approximate surface area is 338 Å². The molecule has 322 valence electrons. The molecule has 0 aromatic rings. The molecule has 0 aliphatic heterocycles. The van der Waals surface area contributed by atoms with E-state index in [2.05, 4.69) is 19.2 Å². The third kappa shape index (κ3) is 39.3. The fourth-order valence-electron chi connectivity index (χ4n) is 7.78. The van der Waals surface area contributed by atoms with E-state index in [-0.39, 0.29) is 6.61 Å². The van der Waals surface area contributed by atoms with Gasteiger partial charge in [0.2, 0.25) is 5.91 Å². The van der Waals surface area contributed by atoms with Crippen molar-refractivity contribution in [1.82, 2.24) is 5.32 Å². The fraction of sp³-hybridized carbons (Fsp3) is 0.939. The van der Waals surface area contributed by atoms with E-state index in [0.29, 0.717) is 6.42 Å². The van der Waals surface area contributed by atoms with Crippen LogP contribution in [0.1, 0.15) is 271 Å². The lowest BCUT2D eigenvalue weighted by Crippen LogP contribution is -2.48. The van der Waals surface area contributed by atoms with E-state index in [1.807, 2.05) is 6.08 Å². The van der Waals surface area contributed by atoms with Gasteiger partial charge >= 0.3 is 0 Å². The predicted octanol–water partition coefficient (Wildman–Crippen LogP) is 14.4. The zero-order chi connectivity index (χ0) is 39.4. The summed E-state index contributed by atoms with van der Waals surface area (Å²) < 4.78 is 0. The molecule has 3 unspecified atom stereocenters. The summed E-state index contributed by atoms with van der Waals surface area (Å²) in [7, 11) is 0. The van der Waals surface area contributed by atoms with Crippen LogP contribution in [-0.4, -0.2) is 46.1 Å². The summed E-state index contributed by atoms with van der Waals surface area (Å²) in [4.78, 5) is 12.5. The first-order chi connectivity index (χ1) is 26.6. The van der Waals surface area contributed by atoms with E-state index < -0.39 is 24.2 Å². The van der Waals surface area contributed by atoms with Crippen LogP contribution in [0.5, 0.6) is 0 Å². The Morgan fingerprint density at radius 2 is 0.722 bits per heavy atom. The SMILES string of the molecule is CCCCCCCCCCCCCC/C=C/C(O)C(CO)NC(=O)C(O)CCCCCCCCCCCCCCCCCCCCCCCCCCCC. The highest BCUT2D eigenvalue weighted by Crippen LogP contribution is 2.17. The van der Waals surface area contributed by atoms with Crippen LogP contribution < -0.4 is 5.32 Å². The molecule has 0 spiro atoms. The Morgan fingerprint density at radius 1 is 0.444 bits per heavy atom. The Balaban J connectivity index is 3.54. The maximum absolute atomic E-state index is 12.5. The van der Waals surface area contributed by atoms with Gasteiger partial charge in [-0.25, -0.2) is 0 Å².